The van der Waals surface area contributed by atoms with E-state index in [1.54, 1.807) is 4.31 Å². The maximum absolute atomic E-state index is 13.2. The van der Waals surface area contributed by atoms with E-state index in [-0.39, 0.29) is 12.4 Å². The van der Waals surface area contributed by atoms with Crippen molar-refractivity contribution in [3.63, 3.8) is 0 Å². The minimum Gasteiger partial charge on any atom is -0.298 e. The van der Waals surface area contributed by atoms with Gasteiger partial charge in [0.2, 0.25) is 10.0 Å². The third-order valence-electron chi connectivity index (χ3n) is 7.89. The molecule has 180 valence electrons. The van der Waals surface area contributed by atoms with Crippen molar-refractivity contribution in [2.75, 3.05) is 26.2 Å². The van der Waals surface area contributed by atoms with Crippen LogP contribution in [0, 0.1) is 5.92 Å². The van der Waals surface area contributed by atoms with E-state index in [9.17, 15) is 8.42 Å². The molecule has 0 radical (unpaired) electrons. The Kier molecular flexibility index (Phi) is 8.16. The Labute approximate surface area is 205 Å². The third kappa shape index (κ3) is 5.64. The molecule has 2 fully saturated rings. The molecule has 4 nitrogen and oxygen atoms in total. The first kappa shape index (κ1) is 24.7. The van der Waals surface area contributed by atoms with Crippen molar-refractivity contribution in [2.45, 2.75) is 68.7 Å². The molecule has 1 saturated carbocycles. The highest BCUT2D eigenvalue weighted by Crippen LogP contribution is 2.33. The number of nitrogens with zero attached hydrogens (tertiary/aromatic N) is 2. The topological polar surface area (TPSA) is 40.6 Å². The van der Waals surface area contributed by atoms with Crippen molar-refractivity contribution in [3.8, 4) is 0 Å². The summed E-state index contributed by atoms with van der Waals surface area (Å²) in [6.45, 7) is 4.51. The van der Waals surface area contributed by atoms with Gasteiger partial charge in [0.15, 0.2) is 0 Å². The summed E-state index contributed by atoms with van der Waals surface area (Å²) < 4.78 is 28.2. The standard InChI is InChI=1S/C27H36N2O2S.ClH/c30-32(31,27-12-10-25(11-13-27)23-6-2-1-3-7-23)29-18-14-22(15-19-29)20-28-17-16-24-8-4-5-9-26(24)21-28;/h4-5,8-13,22-23H,1-3,6-7,14-21H2;1H. The lowest BCUT2D eigenvalue weighted by Gasteiger charge is -2.36. The molecule has 2 aliphatic heterocycles. The van der Waals surface area contributed by atoms with E-state index < -0.39 is 10.0 Å². The summed E-state index contributed by atoms with van der Waals surface area (Å²) >= 11 is 0. The molecule has 0 bridgehead atoms. The SMILES string of the molecule is Cl.O=S(=O)(c1ccc(C2CCCCC2)cc1)N1CCC(CN2CCc3ccccc3C2)CC1. The number of piperidine rings is 1. The molecule has 0 unspecified atom stereocenters. The average molecular weight is 489 g/mol. The van der Waals surface area contributed by atoms with E-state index in [1.807, 2.05) is 12.1 Å². The van der Waals surface area contributed by atoms with E-state index in [1.165, 1.54) is 48.8 Å². The predicted molar refractivity (Wildman–Crippen MR) is 136 cm³/mol. The quantitative estimate of drug-likeness (QED) is 0.548. The lowest BCUT2D eigenvalue weighted by molar-refractivity contribution is 0.171. The van der Waals surface area contributed by atoms with Crippen LogP contribution < -0.4 is 0 Å². The molecule has 1 saturated heterocycles. The van der Waals surface area contributed by atoms with Gasteiger partial charge in [0.25, 0.3) is 0 Å². The van der Waals surface area contributed by atoms with Crippen LogP contribution in [0.5, 0.6) is 0 Å². The van der Waals surface area contributed by atoms with E-state index in [0.717, 1.165) is 38.9 Å². The highest BCUT2D eigenvalue weighted by atomic mass is 35.5. The maximum atomic E-state index is 13.2. The lowest BCUT2D eigenvalue weighted by atomic mass is 9.84. The molecule has 0 amide bonds. The van der Waals surface area contributed by atoms with Crippen LogP contribution >= 0.6 is 12.4 Å². The Balaban J connectivity index is 0.00000259. The summed E-state index contributed by atoms with van der Waals surface area (Å²) in [4.78, 5) is 3.02. The molecule has 33 heavy (non-hydrogen) atoms. The van der Waals surface area contributed by atoms with Crippen molar-refractivity contribution in [1.82, 2.24) is 9.21 Å². The summed E-state index contributed by atoms with van der Waals surface area (Å²) in [7, 11) is -3.39. The second kappa shape index (κ2) is 10.9. The molecule has 5 rings (SSSR count). The molecule has 1 aliphatic carbocycles. The van der Waals surface area contributed by atoms with E-state index >= 15 is 0 Å². The van der Waals surface area contributed by atoms with Gasteiger partial charge in [0.1, 0.15) is 0 Å². The second-order valence-corrected chi connectivity index (χ2v) is 11.9. The van der Waals surface area contributed by atoms with Crippen LogP contribution in [0.15, 0.2) is 53.4 Å². The fourth-order valence-corrected chi connectivity index (χ4v) is 7.37. The van der Waals surface area contributed by atoms with Crippen LogP contribution in [0.1, 0.15) is 67.6 Å². The highest BCUT2D eigenvalue weighted by molar-refractivity contribution is 7.89. The summed E-state index contributed by atoms with van der Waals surface area (Å²) in [5.74, 6) is 1.19. The second-order valence-electron chi connectivity index (χ2n) is 10.0. The number of hydrogen-bond donors (Lipinski definition) is 0. The van der Waals surface area contributed by atoms with Gasteiger partial charge in [0, 0.05) is 32.7 Å². The van der Waals surface area contributed by atoms with Crippen molar-refractivity contribution in [1.29, 1.82) is 0 Å². The highest BCUT2D eigenvalue weighted by Gasteiger charge is 2.31. The van der Waals surface area contributed by atoms with Crippen LogP contribution in [0.3, 0.4) is 0 Å². The van der Waals surface area contributed by atoms with Crippen molar-refractivity contribution in [2.24, 2.45) is 5.92 Å². The van der Waals surface area contributed by atoms with Crippen LogP contribution in [0.4, 0.5) is 0 Å². The first-order chi connectivity index (χ1) is 15.6. The molecule has 0 aromatic heterocycles. The van der Waals surface area contributed by atoms with Crippen LogP contribution in [0.2, 0.25) is 0 Å². The van der Waals surface area contributed by atoms with Gasteiger partial charge in [-0.3, -0.25) is 4.90 Å². The fourth-order valence-electron chi connectivity index (χ4n) is 5.90. The summed E-state index contributed by atoms with van der Waals surface area (Å²) in [6.07, 6.45) is 9.44. The number of halogens is 1. The Morgan fingerprint density at radius 1 is 0.788 bits per heavy atom. The van der Waals surface area contributed by atoms with E-state index in [2.05, 4.69) is 41.3 Å². The van der Waals surface area contributed by atoms with Crippen LogP contribution in [-0.4, -0.2) is 43.8 Å². The molecule has 0 spiro atoms. The number of hydrogen-bond acceptors (Lipinski definition) is 3. The van der Waals surface area contributed by atoms with Crippen molar-refractivity contribution >= 4 is 22.4 Å². The molecule has 0 N–H and O–H groups in total. The zero-order chi connectivity index (χ0) is 22.0. The minimum atomic E-state index is -3.39. The van der Waals surface area contributed by atoms with Crippen molar-refractivity contribution < 1.29 is 8.42 Å². The predicted octanol–water partition coefficient (Wildman–Crippen LogP) is 5.62. The van der Waals surface area contributed by atoms with Crippen LogP contribution in [0.25, 0.3) is 0 Å². The maximum Gasteiger partial charge on any atom is 0.243 e. The molecule has 6 heteroatoms. The number of sulfonamides is 1. The van der Waals surface area contributed by atoms with Gasteiger partial charge in [-0.2, -0.15) is 4.31 Å². The van der Waals surface area contributed by atoms with Gasteiger partial charge < -0.3 is 0 Å². The Morgan fingerprint density at radius 3 is 2.15 bits per heavy atom. The number of benzene rings is 2. The van der Waals surface area contributed by atoms with Gasteiger partial charge >= 0.3 is 0 Å². The minimum absolute atomic E-state index is 0. The molecular weight excluding hydrogens is 452 g/mol. The monoisotopic (exact) mass is 488 g/mol. The van der Waals surface area contributed by atoms with Gasteiger partial charge in [-0.15, -0.1) is 12.4 Å². The zero-order valence-electron chi connectivity index (χ0n) is 19.5. The summed E-state index contributed by atoms with van der Waals surface area (Å²) in [5, 5.41) is 0. The smallest absolute Gasteiger partial charge is 0.243 e. The van der Waals surface area contributed by atoms with Gasteiger partial charge in [-0.1, -0.05) is 55.7 Å². The Morgan fingerprint density at radius 2 is 1.45 bits per heavy atom. The Hall–Kier alpha value is -1.40. The largest absolute Gasteiger partial charge is 0.298 e. The van der Waals surface area contributed by atoms with E-state index in [0.29, 0.717) is 29.8 Å². The fraction of sp³-hybridized carbons (Fsp3) is 0.556. The number of rotatable bonds is 5. The Bertz CT molecular complexity index is 1010. The van der Waals surface area contributed by atoms with Gasteiger partial charge in [0.05, 0.1) is 4.90 Å². The van der Waals surface area contributed by atoms with E-state index in [4.69, 9.17) is 0 Å². The number of fused-ring (bicyclic) bond motifs is 1. The first-order valence-electron chi connectivity index (χ1n) is 12.5. The summed E-state index contributed by atoms with van der Waals surface area (Å²) in [5.41, 5.74) is 4.25. The van der Waals surface area contributed by atoms with Gasteiger partial charge in [-0.25, -0.2) is 8.42 Å². The average Bonchev–Trinajstić information content (AvgIpc) is 2.85. The molecule has 2 aromatic rings. The molecule has 2 aromatic carbocycles. The first-order valence-corrected chi connectivity index (χ1v) is 13.9. The summed E-state index contributed by atoms with van der Waals surface area (Å²) in [6, 6.07) is 16.6. The van der Waals surface area contributed by atoms with Crippen molar-refractivity contribution in [3.05, 3.63) is 65.2 Å². The van der Waals surface area contributed by atoms with Gasteiger partial charge in [-0.05, 0) is 72.8 Å². The van der Waals surface area contributed by atoms with Crippen LogP contribution in [-0.2, 0) is 23.0 Å². The molecule has 2 heterocycles. The third-order valence-corrected chi connectivity index (χ3v) is 9.81. The zero-order valence-corrected chi connectivity index (χ0v) is 21.1. The normalized spacial score (nSPS) is 21.3. The lowest BCUT2D eigenvalue weighted by Crippen LogP contribution is -2.42. The molecular formula is C27H37ClN2O2S. The molecule has 3 aliphatic rings. The molecule has 0 atom stereocenters.